The van der Waals surface area contributed by atoms with Crippen LogP contribution >= 0.6 is 11.3 Å². The smallest absolute Gasteiger partial charge is 0.0608 e. The Morgan fingerprint density at radius 3 is 2.82 bits per heavy atom. The van der Waals surface area contributed by atoms with Crippen molar-refractivity contribution in [1.82, 2.24) is 0 Å². The Hall–Kier alpha value is -0.640. The third-order valence-electron chi connectivity index (χ3n) is 4.73. The Labute approximate surface area is 139 Å². The highest BCUT2D eigenvalue weighted by molar-refractivity contribution is 7.12. The van der Waals surface area contributed by atoms with E-state index in [-0.39, 0.29) is 6.61 Å². The molecule has 0 aromatic carbocycles. The van der Waals surface area contributed by atoms with Crippen LogP contribution in [0.3, 0.4) is 0 Å². The molecule has 1 atom stereocenters. The number of rotatable bonds is 8. The lowest BCUT2D eigenvalue weighted by molar-refractivity contribution is 0.201. The largest absolute Gasteiger partial charge is 0.394 e. The minimum absolute atomic E-state index is 0.0479. The molecule has 0 bridgehead atoms. The number of hydrogen-bond donors (Lipinski definition) is 2. The third kappa shape index (κ3) is 6.23. The van der Waals surface area contributed by atoms with Gasteiger partial charge in [-0.1, -0.05) is 38.2 Å². The van der Waals surface area contributed by atoms with Crippen LogP contribution in [0.1, 0.15) is 68.0 Å². The lowest BCUT2D eigenvalue weighted by Crippen LogP contribution is -2.40. The molecule has 0 saturated heterocycles. The monoisotopic (exact) mass is 321 g/mol. The molecule has 0 spiro atoms. The maximum Gasteiger partial charge on any atom is 0.0608 e. The van der Waals surface area contributed by atoms with Gasteiger partial charge >= 0.3 is 0 Å². The summed E-state index contributed by atoms with van der Waals surface area (Å²) < 4.78 is 0. The molecule has 0 radical (unpaired) electrons. The summed E-state index contributed by atoms with van der Waals surface area (Å²) in [5.41, 5.74) is 5.52. The van der Waals surface area contributed by atoms with Crippen molar-refractivity contribution in [3.8, 4) is 0 Å². The van der Waals surface area contributed by atoms with Crippen LogP contribution in [-0.4, -0.2) is 17.3 Å². The first-order valence-corrected chi connectivity index (χ1v) is 9.56. The Kier molecular flexibility index (Phi) is 7.13. The van der Waals surface area contributed by atoms with Crippen LogP contribution in [0.15, 0.2) is 18.2 Å². The molecule has 1 saturated carbocycles. The van der Waals surface area contributed by atoms with Crippen molar-refractivity contribution in [1.29, 1.82) is 0 Å². The van der Waals surface area contributed by atoms with Gasteiger partial charge in [-0.2, -0.15) is 0 Å². The minimum Gasteiger partial charge on any atom is -0.394 e. The molecule has 1 unspecified atom stereocenters. The van der Waals surface area contributed by atoms with Gasteiger partial charge in [-0.15, -0.1) is 11.3 Å². The van der Waals surface area contributed by atoms with Crippen LogP contribution in [0.25, 0.3) is 6.08 Å². The van der Waals surface area contributed by atoms with Crippen LogP contribution < -0.4 is 5.73 Å². The lowest BCUT2D eigenvalue weighted by Gasteiger charge is -2.20. The Balaban J connectivity index is 1.70. The molecule has 1 aliphatic rings. The van der Waals surface area contributed by atoms with Crippen LogP contribution in [0.2, 0.25) is 0 Å². The van der Waals surface area contributed by atoms with E-state index in [1.807, 2.05) is 18.3 Å². The van der Waals surface area contributed by atoms with Gasteiger partial charge in [0.15, 0.2) is 0 Å². The van der Waals surface area contributed by atoms with Gasteiger partial charge in [-0.05, 0) is 56.7 Å². The molecule has 1 heterocycles. The second-order valence-electron chi connectivity index (χ2n) is 7.10. The van der Waals surface area contributed by atoms with Crippen molar-refractivity contribution in [3.63, 3.8) is 0 Å². The van der Waals surface area contributed by atoms with Crippen molar-refractivity contribution in [3.05, 3.63) is 28.0 Å². The molecule has 3 N–H and O–H groups in total. The molecule has 0 aliphatic heterocycles. The highest BCUT2D eigenvalue weighted by Gasteiger charge is 2.17. The number of aryl methyl sites for hydroxylation is 1. The van der Waals surface area contributed by atoms with Gasteiger partial charge in [0.2, 0.25) is 0 Å². The van der Waals surface area contributed by atoms with Crippen molar-refractivity contribution in [2.75, 3.05) is 6.61 Å². The highest BCUT2D eigenvalue weighted by Crippen LogP contribution is 2.28. The molecule has 1 aromatic heterocycles. The highest BCUT2D eigenvalue weighted by atomic mass is 32.1. The fraction of sp³-hybridized carbons (Fsp3) is 0.684. The molecule has 3 heteroatoms. The molecule has 124 valence electrons. The lowest BCUT2D eigenvalue weighted by atomic mass is 9.86. The summed E-state index contributed by atoms with van der Waals surface area (Å²) >= 11 is 1.85. The number of hydrogen-bond acceptors (Lipinski definition) is 3. The van der Waals surface area contributed by atoms with E-state index in [1.165, 1.54) is 54.7 Å². The Bertz CT molecular complexity index is 458. The maximum absolute atomic E-state index is 9.20. The number of aliphatic hydroxyl groups is 1. The third-order valence-corrected chi connectivity index (χ3v) is 5.84. The van der Waals surface area contributed by atoms with Crippen molar-refractivity contribution >= 4 is 17.4 Å². The number of allylic oxidation sites excluding steroid dienone is 1. The average molecular weight is 322 g/mol. The second kappa shape index (κ2) is 8.85. The van der Waals surface area contributed by atoms with Crippen LogP contribution in [0.4, 0.5) is 0 Å². The normalized spacial score (nSPS) is 19.6. The summed E-state index contributed by atoms with van der Waals surface area (Å²) in [6.45, 7) is 1.96. The van der Waals surface area contributed by atoms with Crippen LogP contribution in [0, 0.1) is 5.92 Å². The van der Waals surface area contributed by atoms with Gasteiger partial charge in [-0.3, -0.25) is 0 Å². The summed E-state index contributed by atoms with van der Waals surface area (Å²) in [5.74, 6) is 0.970. The number of thiophene rings is 1. The van der Waals surface area contributed by atoms with Gasteiger partial charge < -0.3 is 10.8 Å². The first kappa shape index (κ1) is 17.7. The van der Waals surface area contributed by atoms with Gasteiger partial charge in [0, 0.05) is 15.3 Å². The Morgan fingerprint density at radius 1 is 1.32 bits per heavy atom. The molecule has 2 rings (SSSR count). The molecule has 2 nitrogen and oxygen atoms in total. The van der Waals surface area contributed by atoms with Crippen LogP contribution in [0.5, 0.6) is 0 Å². The zero-order valence-electron chi connectivity index (χ0n) is 13.9. The van der Waals surface area contributed by atoms with Gasteiger partial charge in [0.05, 0.1) is 6.61 Å². The molecule has 22 heavy (non-hydrogen) atoms. The van der Waals surface area contributed by atoms with E-state index in [4.69, 9.17) is 5.73 Å². The maximum atomic E-state index is 9.20. The van der Waals surface area contributed by atoms with Crippen molar-refractivity contribution in [2.24, 2.45) is 11.7 Å². The summed E-state index contributed by atoms with van der Waals surface area (Å²) in [6.07, 6.45) is 16.2. The molecule has 0 amide bonds. The van der Waals surface area contributed by atoms with E-state index in [1.54, 1.807) is 0 Å². The molecule has 1 aromatic rings. The van der Waals surface area contributed by atoms with E-state index in [2.05, 4.69) is 24.3 Å². The topological polar surface area (TPSA) is 46.2 Å². The molecule has 1 aliphatic carbocycles. The predicted molar refractivity (Wildman–Crippen MR) is 97.2 cm³/mol. The Morgan fingerprint density at radius 2 is 2.09 bits per heavy atom. The van der Waals surface area contributed by atoms with Gasteiger partial charge in [0.25, 0.3) is 0 Å². The van der Waals surface area contributed by atoms with E-state index in [0.29, 0.717) is 0 Å². The van der Waals surface area contributed by atoms with Crippen LogP contribution in [-0.2, 0) is 6.42 Å². The SMILES string of the molecule is CC(N)(CO)CCc1ccc(C=CCCC2CCCCC2)s1. The van der Waals surface area contributed by atoms with Gasteiger partial charge in [-0.25, -0.2) is 0 Å². The molecule has 1 fully saturated rings. The summed E-state index contributed by atoms with van der Waals surface area (Å²) in [5, 5.41) is 9.20. The predicted octanol–water partition coefficient (Wildman–Crippen LogP) is 4.76. The first-order valence-electron chi connectivity index (χ1n) is 8.74. The first-order chi connectivity index (χ1) is 10.6. The zero-order chi connectivity index (χ0) is 15.8. The van der Waals surface area contributed by atoms with E-state index < -0.39 is 5.54 Å². The van der Waals surface area contributed by atoms with Crippen molar-refractivity contribution in [2.45, 2.75) is 70.3 Å². The summed E-state index contributed by atoms with van der Waals surface area (Å²) in [7, 11) is 0. The summed E-state index contributed by atoms with van der Waals surface area (Å²) in [6, 6.07) is 4.39. The fourth-order valence-corrected chi connectivity index (χ4v) is 4.06. The summed E-state index contributed by atoms with van der Waals surface area (Å²) in [4.78, 5) is 2.69. The second-order valence-corrected chi connectivity index (χ2v) is 8.30. The molecular formula is C19H31NOS. The minimum atomic E-state index is -0.458. The zero-order valence-corrected chi connectivity index (χ0v) is 14.7. The van der Waals surface area contributed by atoms with Gasteiger partial charge in [0.1, 0.15) is 0 Å². The van der Waals surface area contributed by atoms with E-state index in [9.17, 15) is 5.11 Å². The average Bonchev–Trinajstić information content (AvgIpc) is 2.99. The van der Waals surface area contributed by atoms with E-state index in [0.717, 1.165) is 18.8 Å². The standard InChI is InChI=1S/C19H31NOS/c1-19(20,15-21)14-13-18-12-11-17(22-18)10-6-5-9-16-7-3-2-4-8-16/h6,10-12,16,21H,2-5,7-9,13-15,20H2,1H3. The number of nitrogens with two attached hydrogens (primary N) is 1. The quantitative estimate of drug-likeness (QED) is 0.725. The van der Waals surface area contributed by atoms with E-state index >= 15 is 0 Å². The fourth-order valence-electron chi connectivity index (χ4n) is 3.11. The number of aliphatic hydroxyl groups excluding tert-OH is 1. The van der Waals surface area contributed by atoms with Crippen molar-refractivity contribution < 1.29 is 5.11 Å². The molecular weight excluding hydrogens is 290 g/mol.